The first kappa shape index (κ1) is 21.8. The lowest BCUT2D eigenvalue weighted by atomic mass is 10.1. The lowest BCUT2D eigenvalue weighted by molar-refractivity contribution is 0.0698. The normalized spacial score (nSPS) is 11.2. The Labute approximate surface area is 166 Å². The Balaban J connectivity index is 2.09. The van der Waals surface area contributed by atoms with E-state index in [0.29, 0.717) is 12.4 Å². The number of hydrogen-bond donors (Lipinski definition) is 2. The number of anilines is 1. The molecule has 0 saturated carbocycles. The van der Waals surface area contributed by atoms with Gasteiger partial charge < -0.3 is 9.84 Å². The van der Waals surface area contributed by atoms with Crippen molar-refractivity contribution < 1.29 is 23.1 Å². The van der Waals surface area contributed by atoms with E-state index in [9.17, 15) is 18.3 Å². The highest BCUT2D eigenvalue weighted by atomic mass is 32.2. The largest absolute Gasteiger partial charge is 0.494 e. The van der Waals surface area contributed by atoms with Crippen molar-refractivity contribution in [1.29, 1.82) is 0 Å². The molecule has 152 valence electrons. The first-order chi connectivity index (χ1) is 13.3. The summed E-state index contributed by atoms with van der Waals surface area (Å²) in [7, 11) is -3.94. The van der Waals surface area contributed by atoms with Crippen LogP contribution in [0.4, 0.5) is 5.69 Å². The fourth-order valence-electron chi connectivity index (χ4n) is 2.75. The number of rotatable bonds is 11. The fourth-order valence-corrected chi connectivity index (χ4v) is 3.87. The van der Waals surface area contributed by atoms with Crippen molar-refractivity contribution >= 4 is 21.7 Å². The summed E-state index contributed by atoms with van der Waals surface area (Å²) in [6, 6.07) is 10.7. The van der Waals surface area contributed by atoms with E-state index in [-0.39, 0.29) is 16.1 Å². The highest BCUT2D eigenvalue weighted by Crippen LogP contribution is 2.24. The molecule has 2 aromatic carbocycles. The van der Waals surface area contributed by atoms with Gasteiger partial charge in [-0.25, -0.2) is 13.2 Å². The van der Waals surface area contributed by atoms with Crippen LogP contribution in [0.3, 0.4) is 0 Å². The monoisotopic (exact) mass is 405 g/mol. The van der Waals surface area contributed by atoms with Crippen LogP contribution in [0.2, 0.25) is 0 Å². The molecule has 0 aromatic heterocycles. The molecule has 0 bridgehead atoms. The Hall–Kier alpha value is -2.54. The molecule has 0 heterocycles. The van der Waals surface area contributed by atoms with Gasteiger partial charge in [-0.15, -0.1) is 0 Å². The van der Waals surface area contributed by atoms with Crippen LogP contribution in [0.5, 0.6) is 5.75 Å². The first-order valence-electron chi connectivity index (χ1n) is 9.43. The molecule has 2 rings (SSSR count). The van der Waals surface area contributed by atoms with E-state index < -0.39 is 16.0 Å². The van der Waals surface area contributed by atoms with Crippen LogP contribution in [-0.4, -0.2) is 26.1 Å². The highest BCUT2D eigenvalue weighted by molar-refractivity contribution is 7.92. The predicted octanol–water partition coefficient (Wildman–Crippen LogP) is 4.84. The molecule has 0 saturated heterocycles. The van der Waals surface area contributed by atoms with Gasteiger partial charge in [-0.1, -0.05) is 50.3 Å². The quantitative estimate of drug-likeness (QED) is 0.522. The summed E-state index contributed by atoms with van der Waals surface area (Å²) >= 11 is 0. The zero-order valence-electron chi connectivity index (χ0n) is 16.3. The van der Waals surface area contributed by atoms with Crippen molar-refractivity contribution in [3.63, 3.8) is 0 Å². The van der Waals surface area contributed by atoms with Gasteiger partial charge in [0, 0.05) is 6.07 Å². The third kappa shape index (κ3) is 6.27. The summed E-state index contributed by atoms with van der Waals surface area (Å²) in [5.41, 5.74) is 0.665. The molecule has 6 nitrogen and oxygen atoms in total. The van der Waals surface area contributed by atoms with E-state index in [0.717, 1.165) is 18.4 Å². The average Bonchev–Trinajstić information content (AvgIpc) is 2.66. The first-order valence-corrected chi connectivity index (χ1v) is 10.9. The molecule has 0 aliphatic rings. The van der Waals surface area contributed by atoms with Crippen molar-refractivity contribution in [1.82, 2.24) is 0 Å². The van der Waals surface area contributed by atoms with E-state index in [4.69, 9.17) is 4.74 Å². The molecule has 7 heteroatoms. The average molecular weight is 406 g/mol. The standard InChI is InChI=1S/C21H27NO5S/c1-3-4-5-6-7-13-27-17-9-8-10-18(15-17)28(25,26)22-20-12-11-16(2)14-19(20)21(23)24/h8-12,14-15,22H,3-7,13H2,1-2H3,(H,23,24). The third-order valence-corrected chi connectivity index (χ3v) is 5.65. The number of ether oxygens (including phenoxy) is 1. The van der Waals surface area contributed by atoms with Gasteiger partial charge in [-0.3, -0.25) is 4.72 Å². The molecule has 0 spiro atoms. The lowest BCUT2D eigenvalue weighted by Crippen LogP contribution is -2.16. The fraction of sp³-hybridized carbons (Fsp3) is 0.381. The topological polar surface area (TPSA) is 92.7 Å². The second-order valence-corrected chi connectivity index (χ2v) is 8.38. The molecule has 28 heavy (non-hydrogen) atoms. The van der Waals surface area contributed by atoms with Crippen molar-refractivity contribution in [3.8, 4) is 5.75 Å². The summed E-state index contributed by atoms with van der Waals surface area (Å²) in [6.07, 6.45) is 5.55. The molecule has 2 aromatic rings. The van der Waals surface area contributed by atoms with Gasteiger partial charge in [0.2, 0.25) is 0 Å². The molecular formula is C21H27NO5S. The molecule has 0 aliphatic carbocycles. The molecule has 0 fully saturated rings. The number of benzene rings is 2. The molecule has 2 N–H and O–H groups in total. The maximum atomic E-state index is 12.7. The van der Waals surface area contributed by atoms with Gasteiger partial charge in [0.25, 0.3) is 10.0 Å². The number of sulfonamides is 1. The smallest absolute Gasteiger partial charge is 0.337 e. The minimum atomic E-state index is -3.94. The Kier molecular flexibility index (Phi) is 7.87. The number of carbonyl (C=O) groups is 1. The lowest BCUT2D eigenvalue weighted by Gasteiger charge is -2.12. The number of carboxylic acids is 1. The van der Waals surface area contributed by atoms with Crippen LogP contribution in [0.25, 0.3) is 0 Å². The maximum absolute atomic E-state index is 12.7. The van der Waals surface area contributed by atoms with Gasteiger partial charge in [-0.2, -0.15) is 0 Å². The summed E-state index contributed by atoms with van der Waals surface area (Å²) in [5.74, 6) is -0.720. The summed E-state index contributed by atoms with van der Waals surface area (Å²) < 4.78 is 33.4. The maximum Gasteiger partial charge on any atom is 0.337 e. The third-order valence-electron chi connectivity index (χ3n) is 4.28. The Bertz CT molecular complexity index is 909. The minimum absolute atomic E-state index is 0.0212. The number of unbranched alkanes of at least 4 members (excludes halogenated alkanes) is 4. The van der Waals surface area contributed by atoms with Crippen molar-refractivity contribution in [2.75, 3.05) is 11.3 Å². The van der Waals surface area contributed by atoms with Crippen molar-refractivity contribution in [2.45, 2.75) is 50.8 Å². The van der Waals surface area contributed by atoms with E-state index >= 15 is 0 Å². The van der Waals surface area contributed by atoms with Crippen LogP contribution < -0.4 is 9.46 Å². The summed E-state index contributed by atoms with van der Waals surface area (Å²) in [4.78, 5) is 11.4. The molecule has 0 unspecified atom stereocenters. The zero-order valence-corrected chi connectivity index (χ0v) is 17.1. The Morgan fingerprint density at radius 1 is 1.07 bits per heavy atom. The second kappa shape index (κ2) is 10.1. The number of aryl methyl sites for hydroxylation is 1. The second-order valence-electron chi connectivity index (χ2n) is 6.70. The summed E-state index contributed by atoms with van der Waals surface area (Å²) in [6.45, 7) is 4.43. The number of carboxylic acid groups (broad SMARTS) is 1. The van der Waals surface area contributed by atoms with Crippen molar-refractivity contribution in [3.05, 3.63) is 53.6 Å². The van der Waals surface area contributed by atoms with Crippen LogP contribution in [0.1, 0.15) is 54.9 Å². The molecule has 0 atom stereocenters. The molecule has 0 radical (unpaired) electrons. The van der Waals surface area contributed by atoms with E-state index in [2.05, 4.69) is 11.6 Å². The molecule has 0 amide bonds. The number of nitrogens with one attached hydrogen (secondary N) is 1. The zero-order chi connectivity index (χ0) is 20.6. The van der Waals surface area contributed by atoms with Gasteiger partial charge >= 0.3 is 5.97 Å². The Morgan fingerprint density at radius 3 is 2.54 bits per heavy atom. The van der Waals surface area contributed by atoms with Gasteiger partial charge in [0.15, 0.2) is 0 Å². The minimum Gasteiger partial charge on any atom is -0.494 e. The molecular weight excluding hydrogens is 378 g/mol. The number of aromatic carboxylic acids is 1. The molecule has 0 aliphatic heterocycles. The predicted molar refractivity (Wildman–Crippen MR) is 110 cm³/mol. The van der Waals surface area contributed by atoms with Crippen molar-refractivity contribution in [2.24, 2.45) is 0 Å². The van der Waals surface area contributed by atoms with Gasteiger partial charge in [-0.05, 0) is 37.6 Å². The van der Waals surface area contributed by atoms with E-state index in [1.165, 1.54) is 43.5 Å². The van der Waals surface area contributed by atoms with Gasteiger partial charge in [0.1, 0.15) is 5.75 Å². The van der Waals surface area contributed by atoms with Gasteiger partial charge in [0.05, 0.1) is 22.8 Å². The number of hydrogen-bond acceptors (Lipinski definition) is 4. The van der Waals surface area contributed by atoms with Crippen LogP contribution in [0.15, 0.2) is 47.4 Å². The van der Waals surface area contributed by atoms with E-state index in [1.54, 1.807) is 25.1 Å². The highest BCUT2D eigenvalue weighted by Gasteiger charge is 2.19. The SMILES string of the molecule is CCCCCCCOc1cccc(S(=O)(=O)Nc2ccc(C)cc2C(=O)O)c1. The van der Waals surface area contributed by atoms with Crippen LogP contribution >= 0.6 is 0 Å². The Morgan fingerprint density at radius 2 is 1.82 bits per heavy atom. The van der Waals surface area contributed by atoms with Crippen LogP contribution in [0, 0.1) is 6.92 Å². The van der Waals surface area contributed by atoms with Crippen LogP contribution in [-0.2, 0) is 10.0 Å². The van der Waals surface area contributed by atoms with E-state index in [1.807, 2.05) is 0 Å². The summed E-state index contributed by atoms with van der Waals surface area (Å²) in [5, 5.41) is 9.32.